The minimum Gasteiger partial charge on any atom is -0.399 e. The summed E-state index contributed by atoms with van der Waals surface area (Å²) >= 11 is 0. The van der Waals surface area contributed by atoms with E-state index in [1.54, 1.807) is 27.7 Å². The predicted molar refractivity (Wildman–Crippen MR) is 73.0 cm³/mol. The van der Waals surface area contributed by atoms with E-state index in [4.69, 9.17) is 9.31 Å². The lowest BCUT2D eigenvalue weighted by Gasteiger charge is -2.32. The number of halogens is 1. The first-order chi connectivity index (χ1) is 8.96. The van der Waals surface area contributed by atoms with Crippen LogP contribution >= 0.6 is 0 Å². The lowest BCUT2D eigenvalue weighted by molar-refractivity contribution is 0.00578. The number of nitrogens with zero attached hydrogens (tertiary/aromatic N) is 1. The summed E-state index contributed by atoms with van der Waals surface area (Å²) in [4.78, 5) is 3.76. The minimum atomic E-state index is -3.68. The van der Waals surface area contributed by atoms with Crippen molar-refractivity contribution in [2.75, 3.05) is 6.26 Å². The van der Waals surface area contributed by atoms with Gasteiger partial charge in [-0.3, -0.25) is 0 Å². The van der Waals surface area contributed by atoms with E-state index in [1.807, 2.05) is 0 Å². The van der Waals surface area contributed by atoms with E-state index in [1.165, 1.54) is 0 Å². The minimum absolute atomic E-state index is 0.173. The van der Waals surface area contributed by atoms with Crippen LogP contribution in [-0.2, 0) is 19.1 Å². The Morgan fingerprint density at radius 2 is 1.70 bits per heavy atom. The Bertz CT molecular complexity index is 629. The Labute approximate surface area is 118 Å². The van der Waals surface area contributed by atoms with Crippen LogP contribution in [0.2, 0.25) is 0 Å². The molecule has 0 saturated carbocycles. The van der Waals surface area contributed by atoms with Gasteiger partial charge in [0, 0.05) is 12.5 Å². The summed E-state index contributed by atoms with van der Waals surface area (Å²) in [6.45, 7) is 7.23. The van der Waals surface area contributed by atoms with Gasteiger partial charge in [-0.15, -0.1) is 0 Å². The number of hydrogen-bond acceptors (Lipinski definition) is 5. The van der Waals surface area contributed by atoms with Gasteiger partial charge < -0.3 is 9.31 Å². The monoisotopic (exact) mass is 301 g/mol. The van der Waals surface area contributed by atoms with Gasteiger partial charge in [0.2, 0.25) is 0 Å². The number of aromatic nitrogens is 1. The summed E-state index contributed by atoms with van der Waals surface area (Å²) in [7, 11) is -4.78. The largest absolute Gasteiger partial charge is 0.500 e. The van der Waals surface area contributed by atoms with Crippen LogP contribution in [0.5, 0.6) is 0 Å². The second kappa shape index (κ2) is 4.51. The third-order valence-corrected chi connectivity index (χ3v) is 4.77. The van der Waals surface area contributed by atoms with E-state index < -0.39 is 34.0 Å². The normalized spacial score (nSPS) is 21.2. The van der Waals surface area contributed by atoms with Crippen molar-refractivity contribution in [2.24, 2.45) is 0 Å². The molecule has 0 bridgehead atoms. The van der Waals surface area contributed by atoms with Crippen LogP contribution < -0.4 is 5.46 Å². The Morgan fingerprint density at radius 3 is 2.15 bits per heavy atom. The molecule has 1 aromatic rings. The summed E-state index contributed by atoms with van der Waals surface area (Å²) in [5.74, 6) is -0.709. The molecule has 5 nitrogen and oxygen atoms in total. The molecule has 0 N–H and O–H groups in total. The predicted octanol–water partition coefficient (Wildman–Crippen LogP) is 0.923. The number of pyridine rings is 1. The summed E-state index contributed by atoms with van der Waals surface area (Å²) in [5.41, 5.74) is -1.54. The molecular weight excluding hydrogens is 284 g/mol. The lowest BCUT2D eigenvalue weighted by Crippen LogP contribution is -2.41. The molecule has 2 heterocycles. The highest BCUT2D eigenvalue weighted by atomic mass is 32.2. The molecule has 0 radical (unpaired) electrons. The van der Waals surface area contributed by atoms with Gasteiger partial charge in [0.25, 0.3) is 0 Å². The first-order valence-electron chi connectivity index (χ1n) is 6.16. The number of rotatable bonds is 2. The summed E-state index contributed by atoms with van der Waals surface area (Å²) in [6.07, 6.45) is 2.09. The molecule has 110 valence electrons. The second-order valence-electron chi connectivity index (χ2n) is 5.87. The zero-order valence-corrected chi connectivity index (χ0v) is 12.9. The third kappa shape index (κ3) is 2.47. The molecule has 0 aliphatic carbocycles. The molecule has 1 aliphatic heterocycles. The van der Waals surface area contributed by atoms with Gasteiger partial charge in [-0.25, -0.2) is 17.8 Å². The first-order valence-corrected chi connectivity index (χ1v) is 8.05. The van der Waals surface area contributed by atoms with Crippen molar-refractivity contribution in [1.29, 1.82) is 0 Å². The van der Waals surface area contributed by atoms with E-state index in [0.717, 1.165) is 18.5 Å². The molecule has 0 spiro atoms. The van der Waals surface area contributed by atoms with Gasteiger partial charge in [-0.2, -0.15) is 0 Å². The van der Waals surface area contributed by atoms with E-state index in [-0.39, 0.29) is 10.5 Å². The highest BCUT2D eigenvalue weighted by Crippen LogP contribution is 2.37. The number of hydrogen-bond donors (Lipinski definition) is 0. The number of sulfone groups is 1. The smallest absolute Gasteiger partial charge is 0.399 e. The molecule has 2 rings (SSSR count). The Kier molecular flexibility index (Phi) is 3.47. The fourth-order valence-electron chi connectivity index (χ4n) is 1.90. The molecular formula is C12H17BFNO4S. The maximum absolute atomic E-state index is 14.1. The standard InChI is InChI=1S/C12H17BFNO4S/c1-11(2)12(3,4)19-13(18-11)9-8(14)6-7-15-10(9)20(5,16)17/h6-7H,1-5H3. The molecule has 1 aliphatic rings. The van der Waals surface area contributed by atoms with Gasteiger partial charge >= 0.3 is 7.12 Å². The third-order valence-electron chi connectivity index (χ3n) is 3.74. The zero-order valence-electron chi connectivity index (χ0n) is 12.1. The molecule has 0 amide bonds. The highest BCUT2D eigenvalue weighted by molar-refractivity contribution is 7.90. The van der Waals surface area contributed by atoms with Crippen molar-refractivity contribution < 1.29 is 22.1 Å². The molecule has 1 aromatic heterocycles. The Morgan fingerprint density at radius 1 is 1.20 bits per heavy atom. The second-order valence-corrected chi connectivity index (χ2v) is 7.80. The van der Waals surface area contributed by atoms with E-state index in [9.17, 15) is 12.8 Å². The van der Waals surface area contributed by atoms with Crippen LogP contribution in [0.1, 0.15) is 27.7 Å². The van der Waals surface area contributed by atoms with Crippen LogP contribution in [0.4, 0.5) is 4.39 Å². The van der Waals surface area contributed by atoms with Crippen LogP contribution in [-0.4, -0.2) is 38.0 Å². The lowest BCUT2D eigenvalue weighted by atomic mass is 9.80. The van der Waals surface area contributed by atoms with Crippen molar-refractivity contribution in [2.45, 2.75) is 43.9 Å². The van der Waals surface area contributed by atoms with Crippen molar-refractivity contribution in [3.05, 3.63) is 18.1 Å². The van der Waals surface area contributed by atoms with Crippen LogP contribution in [0, 0.1) is 5.82 Å². The quantitative estimate of drug-likeness (QED) is 0.760. The molecule has 20 heavy (non-hydrogen) atoms. The van der Waals surface area contributed by atoms with Crippen molar-refractivity contribution >= 4 is 22.4 Å². The molecule has 1 saturated heterocycles. The van der Waals surface area contributed by atoms with Crippen LogP contribution in [0.25, 0.3) is 0 Å². The van der Waals surface area contributed by atoms with Gasteiger partial charge in [0.05, 0.1) is 16.7 Å². The molecule has 1 fully saturated rings. The van der Waals surface area contributed by atoms with E-state index >= 15 is 0 Å². The van der Waals surface area contributed by atoms with Crippen molar-refractivity contribution in [1.82, 2.24) is 4.98 Å². The summed E-state index contributed by atoms with van der Waals surface area (Å²) < 4.78 is 49.0. The van der Waals surface area contributed by atoms with Gasteiger partial charge in [-0.05, 0) is 33.8 Å². The SMILES string of the molecule is CC1(C)OB(c2c(F)ccnc2S(C)(=O)=O)OC1(C)C. The Hall–Kier alpha value is -0.985. The van der Waals surface area contributed by atoms with Crippen molar-refractivity contribution in [3.63, 3.8) is 0 Å². The average molecular weight is 301 g/mol. The van der Waals surface area contributed by atoms with Crippen LogP contribution in [0.15, 0.2) is 17.3 Å². The summed E-state index contributed by atoms with van der Waals surface area (Å²) in [6, 6.07) is 1.09. The first kappa shape index (κ1) is 15.4. The molecule has 8 heteroatoms. The molecule has 0 aromatic carbocycles. The maximum atomic E-state index is 14.1. The zero-order chi connectivity index (χ0) is 15.3. The fraction of sp³-hybridized carbons (Fsp3) is 0.583. The summed E-state index contributed by atoms with van der Waals surface area (Å²) in [5, 5.41) is -0.351. The Balaban J connectivity index is 2.56. The maximum Gasteiger partial charge on any atom is 0.500 e. The van der Waals surface area contributed by atoms with Crippen molar-refractivity contribution in [3.8, 4) is 0 Å². The highest BCUT2D eigenvalue weighted by Gasteiger charge is 2.53. The van der Waals surface area contributed by atoms with E-state index in [0.29, 0.717) is 0 Å². The average Bonchev–Trinajstić information content (AvgIpc) is 2.46. The van der Waals surface area contributed by atoms with Gasteiger partial charge in [-0.1, -0.05) is 0 Å². The van der Waals surface area contributed by atoms with E-state index in [2.05, 4.69) is 4.98 Å². The van der Waals surface area contributed by atoms with Gasteiger partial charge in [0.1, 0.15) is 5.82 Å². The van der Waals surface area contributed by atoms with Crippen LogP contribution in [0.3, 0.4) is 0 Å². The topological polar surface area (TPSA) is 65.5 Å². The molecule has 0 atom stereocenters. The molecule has 0 unspecified atom stereocenters. The fourth-order valence-corrected chi connectivity index (χ4v) is 2.75. The van der Waals surface area contributed by atoms with Gasteiger partial charge in [0.15, 0.2) is 14.9 Å².